The second-order valence-electron chi connectivity index (χ2n) is 3.78. The molecule has 16 heavy (non-hydrogen) atoms. The number of piperidine rings is 1. The number of hydrogen-bond acceptors (Lipinski definition) is 4. The minimum Gasteiger partial charge on any atom is -0.378 e. The molecule has 0 aromatic carbocycles. The van der Waals surface area contributed by atoms with E-state index in [9.17, 15) is 8.42 Å². The van der Waals surface area contributed by atoms with Crippen molar-refractivity contribution in [2.24, 2.45) is 0 Å². The monoisotopic (exact) mass is 251 g/mol. The maximum Gasteiger partial charge on any atom is 0.276 e. The maximum absolute atomic E-state index is 11.0. The molecule has 96 valence electrons. The van der Waals surface area contributed by atoms with Crippen LogP contribution in [0.25, 0.3) is 0 Å². The molecule has 1 aliphatic heterocycles. The van der Waals surface area contributed by atoms with Gasteiger partial charge in [-0.1, -0.05) is 0 Å². The summed E-state index contributed by atoms with van der Waals surface area (Å²) in [5.41, 5.74) is 0. The van der Waals surface area contributed by atoms with Gasteiger partial charge in [0.1, 0.15) is 0 Å². The van der Waals surface area contributed by atoms with E-state index >= 15 is 0 Å². The molecule has 0 aromatic heterocycles. The largest absolute Gasteiger partial charge is 0.378 e. The third-order valence-corrected chi connectivity index (χ3v) is 3.64. The van der Waals surface area contributed by atoms with Crippen LogP contribution in [0, 0.1) is 0 Å². The molecule has 0 radical (unpaired) electrons. The lowest BCUT2D eigenvalue weighted by Crippen LogP contribution is -2.35. The molecule has 0 atom stereocenters. The lowest BCUT2D eigenvalue weighted by Gasteiger charge is -2.22. The molecule has 0 amide bonds. The zero-order chi connectivity index (χ0) is 11.9. The van der Waals surface area contributed by atoms with Crippen LogP contribution < -0.4 is 14.8 Å². The van der Waals surface area contributed by atoms with Gasteiger partial charge in [0, 0.05) is 20.2 Å². The van der Waals surface area contributed by atoms with E-state index in [-0.39, 0.29) is 0 Å². The van der Waals surface area contributed by atoms with E-state index in [0.717, 1.165) is 25.9 Å². The third kappa shape index (κ3) is 5.76. The van der Waals surface area contributed by atoms with Crippen molar-refractivity contribution in [2.75, 3.05) is 33.3 Å². The van der Waals surface area contributed by atoms with Crippen LogP contribution in [0.15, 0.2) is 0 Å². The number of rotatable bonds is 7. The minimum atomic E-state index is -3.29. The fourth-order valence-electron chi connectivity index (χ4n) is 1.56. The average molecular weight is 251 g/mol. The second kappa shape index (κ2) is 7.18. The molecule has 1 fully saturated rings. The Morgan fingerprint density at radius 1 is 1.38 bits per heavy atom. The highest BCUT2D eigenvalue weighted by Crippen LogP contribution is 2.06. The van der Waals surface area contributed by atoms with Crippen LogP contribution in [0.1, 0.15) is 19.3 Å². The first-order valence-corrected chi connectivity index (χ1v) is 7.13. The predicted octanol–water partition coefficient (Wildman–Crippen LogP) is -0.801. The standard InChI is InChI=1S/C9H21N3O3S/c1-10-16(13,14)12-5-2-8-15-9-3-6-11-7-4-9/h9-12H,2-8H2,1H3. The Morgan fingerprint density at radius 3 is 2.69 bits per heavy atom. The van der Waals surface area contributed by atoms with Crippen molar-refractivity contribution in [2.45, 2.75) is 25.4 Å². The maximum atomic E-state index is 11.0. The van der Waals surface area contributed by atoms with E-state index in [0.29, 0.717) is 25.7 Å². The molecule has 7 heteroatoms. The number of ether oxygens (including phenoxy) is 1. The zero-order valence-electron chi connectivity index (χ0n) is 9.66. The van der Waals surface area contributed by atoms with Gasteiger partial charge in [0.15, 0.2) is 0 Å². The summed E-state index contributed by atoms with van der Waals surface area (Å²) >= 11 is 0. The van der Waals surface area contributed by atoms with E-state index in [4.69, 9.17) is 4.74 Å². The van der Waals surface area contributed by atoms with E-state index in [1.54, 1.807) is 0 Å². The van der Waals surface area contributed by atoms with Gasteiger partial charge in [-0.2, -0.15) is 8.42 Å². The van der Waals surface area contributed by atoms with Crippen LogP contribution in [0.3, 0.4) is 0 Å². The molecule has 3 N–H and O–H groups in total. The highest BCUT2D eigenvalue weighted by Gasteiger charge is 2.12. The summed E-state index contributed by atoms with van der Waals surface area (Å²) in [6, 6.07) is 0. The van der Waals surface area contributed by atoms with Crippen molar-refractivity contribution in [1.29, 1.82) is 0 Å². The van der Waals surface area contributed by atoms with Crippen molar-refractivity contribution < 1.29 is 13.2 Å². The third-order valence-electron chi connectivity index (χ3n) is 2.52. The van der Waals surface area contributed by atoms with Crippen molar-refractivity contribution in [3.8, 4) is 0 Å². The molecule has 1 saturated heterocycles. The topological polar surface area (TPSA) is 79.5 Å². The lowest BCUT2D eigenvalue weighted by atomic mass is 10.1. The van der Waals surface area contributed by atoms with Gasteiger partial charge in [-0.25, -0.2) is 9.44 Å². The molecular weight excluding hydrogens is 230 g/mol. The lowest BCUT2D eigenvalue weighted by molar-refractivity contribution is 0.0322. The normalized spacial score (nSPS) is 18.8. The van der Waals surface area contributed by atoms with E-state index < -0.39 is 10.2 Å². The van der Waals surface area contributed by atoms with E-state index in [1.807, 2.05) is 0 Å². The Bertz CT molecular complexity index is 276. The average Bonchev–Trinajstić information content (AvgIpc) is 2.30. The molecule has 1 rings (SSSR count). The van der Waals surface area contributed by atoms with Gasteiger partial charge in [0.25, 0.3) is 10.2 Å². The van der Waals surface area contributed by atoms with Crippen LogP contribution in [-0.2, 0) is 14.9 Å². The van der Waals surface area contributed by atoms with Crippen LogP contribution >= 0.6 is 0 Å². The smallest absolute Gasteiger partial charge is 0.276 e. The predicted molar refractivity (Wildman–Crippen MR) is 62.4 cm³/mol. The first-order valence-electron chi connectivity index (χ1n) is 5.64. The van der Waals surface area contributed by atoms with Crippen molar-refractivity contribution in [1.82, 2.24) is 14.8 Å². The van der Waals surface area contributed by atoms with Crippen LogP contribution in [0.5, 0.6) is 0 Å². The summed E-state index contributed by atoms with van der Waals surface area (Å²) in [4.78, 5) is 0. The first-order chi connectivity index (χ1) is 7.64. The Morgan fingerprint density at radius 2 is 2.06 bits per heavy atom. The second-order valence-corrected chi connectivity index (χ2v) is 5.48. The van der Waals surface area contributed by atoms with Crippen molar-refractivity contribution >= 4 is 10.2 Å². The molecule has 1 aliphatic rings. The van der Waals surface area contributed by atoms with Crippen LogP contribution in [0.2, 0.25) is 0 Å². The Balaban J connectivity index is 1.99. The SMILES string of the molecule is CNS(=O)(=O)NCCCOC1CCNCC1. The molecule has 6 nitrogen and oxygen atoms in total. The summed E-state index contributed by atoms with van der Waals surface area (Å²) in [6.07, 6.45) is 3.12. The van der Waals surface area contributed by atoms with Crippen molar-refractivity contribution in [3.05, 3.63) is 0 Å². The first kappa shape index (κ1) is 13.9. The van der Waals surface area contributed by atoms with Gasteiger partial charge >= 0.3 is 0 Å². The molecule has 0 aliphatic carbocycles. The van der Waals surface area contributed by atoms with Gasteiger partial charge in [0.05, 0.1) is 6.10 Å². The number of hydrogen-bond donors (Lipinski definition) is 3. The molecule has 0 saturated carbocycles. The molecule has 0 bridgehead atoms. The Labute approximate surface area is 97.3 Å². The Hall–Kier alpha value is -0.210. The molecule has 1 heterocycles. The quantitative estimate of drug-likeness (QED) is 0.518. The molecular formula is C9H21N3O3S. The van der Waals surface area contributed by atoms with Crippen LogP contribution in [-0.4, -0.2) is 47.8 Å². The summed E-state index contributed by atoms with van der Waals surface area (Å²) < 4.78 is 32.2. The van der Waals surface area contributed by atoms with Gasteiger partial charge in [-0.15, -0.1) is 0 Å². The molecule has 0 aromatic rings. The highest BCUT2D eigenvalue weighted by molar-refractivity contribution is 7.87. The molecule has 0 unspecified atom stereocenters. The zero-order valence-corrected chi connectivity index (χ0v) is 10.5. The fourth-order valence-corrected chi connectivity index (χ4v) is 2.12. The summed E-state index contributed by atoms with van der Waals surface area (Å²) in [5.74, 6) is 0. The van der Waals surface area contributed by atoms with Crippen molar-refractivity contribution in [3.63, 3.8) is 0 Å². The van der Waals surface area contributed by atoms with Gasteiger partial charge in [-0.3, -0.25) is 0 Å². The Kier molecular flexibility index (Phi) is 6.22. The minimum absolute atomic E-state index is 0.335. The van der Waals surface area contributed by atoms with Gasteiger partial charge < -0.3 is 10.1 Å². The van der Waals surface area contributed by atoms with E-state index in [2.05, 4.69) is 14.8 Å². The fraction of sp³-hybridized carbons (Fsp3) is 1.00. The molecule has 0 spiro atoms. The van der Waals surface area contributed by atoms with Gasteiger partial charge in [-0.05, 0) is 32.4 Å². The summed E-state index contributed by atoms with van der Waals surface area (Å²) in [7, 11) is -1.91. The van der Waals surface area contributed by atoms with E-state index in [1.165, 1.54) is 7.05 Å². The number of nitrogens with one attached hydrogen (secondary N) is 3. The summed E-state index contributed by atoms with van der Waals surface area (Å²) in [5, 5.41) is 3.26. The summed E-state index contributed by atoms with van der Waals surface area (Å²) in [6.45, 7) is 3.04. The van der Waals surface area contributed by atoms with Crippen LogP contribution in [0.4, 0.5) is 0 Å². The highest BCUT2D eigenvalue weighted by atomic mass is 32.2. The van der Waals surface area contributed by atoms with Gasteiger partial charge in [0.2, 0.25) is 0 Å².